The van der Waals surface area contributed by atoms with Crippen LogP contribution in [0.5, 0.6) is 11.5 Å². The first-order valence-corrected chi connectivity index (χ1v) is 10.4. The first-order valence-electron chi connectivity index (χ1n) is 10.4. The number of methoxy groups -OCH3 is 1. The highest BCUT2D eigenvalue weighted by molar-refractivity contribution is 5.91. The number of anilines is 1. The maximum Gasteiger partial charge on any atom is 0.412 e. The van der Waals surface area contributed by atoms with Crippen LogP contribution in [0, 0.1) is 15.9 Å². The summed E-state index contributed by atoms with van der Waals surface area (Å²) in [4.78, 5) is 23.4. The smallest absolute Gasteiger partial charge is 0.412 e. The molecule has 0 saturated heterocycles. The van der Waals surface area contributed by atoms with Gasteiger partial charge in [-0.15, -0.1) is 0 Å². The number of halogens is 1. The molecule has 0 atom stereocenters. The van der Waals surface area contributed by atoms with E-state index in [0.29, 0.717) is 5.75 Å². The molecule has 0 heterocycles. The topological polar surface area (TPSA) is 99.9 Å². The van der Waals surface area contributed by atoms with Crippen molar-refractivity contribution in [3.8, 4) is 22.6 Å². The molecule has 3 aromatic rings. The zero-order valence-electron chi connectivity index (χ0n) is 19.3. The van der Waals surface area contributed by atoms with Crippen LogP contribution < -0.4 is 14.8 Å². The lowest BCUT2D eigenvalue weighted by atomic mass is 10.0. The Hall–Kier alpha value is -4.14. The summed E-state index contributed by atoms with van der Waals surface area (Å²) in [5.74, 6) is 0.256. The molecule has 0 aliphatic carbocycles. The lowest BCUT2D eigenvalue weighted by molar-refractivity contribution is -0.383. The number of nitro groups is 1. The number of rotatable bonds is 7. The largest absolute Gasteiger partial charge is 0.497 e. The second kappa shape index (κ2) is 10.2. The molecule has 0 radical (unpaired) electrons. The first kappa shape index (κ1) is 24.5. The van der Waals surface area contributed by atoms with Gasteiger partial charge in [0, 0.05) is 23.3 Å². The minimum Gasteiger partial charge on any atom is -0.497 e. The van der Waals surface area contributed by atoms with Gasteiger partial charge in [-0.2, -0.15) is 0 Å². The number of benzene rings is 3. The van der Waals surface area contributed by atoms with Gasteiger partial charge in [0.15, 0.2) is 0 Å². The van der Waals surface area contributed by atoms with Crippen molar-refractivity contribution in [1.29, 1.82) is 0 Å². The first-order chi connectivity index (χ1) is 16.1. The summed E-state index contributed by atoms with van der Waals surface area (Å²) in [6.45, 7) is 5.11. The second-order valence-corrected chi connectivity index (χ2v) is 8.37. The molecule has 9 heteroatoms. The van der Waals surface area contributed by atoms with Crippen LogP contribution in [-0.2, 0) is 11.3 Å². The Morgan fingerprint density at radius 1 is 1.06 bits per heavy atom. The predicted octanol–water partition coefficient (Wildman–Crippen LogP) is 6.34. The van der Waals surface area contributed by atoms with Gasteiger partial charge in [-0.3, -0.25) is 15.4 Å². The van der Waals surface area contributed by atoms with Crippen molar-refractivity contribution < 1.29 is 28.3 Å². The van der Waals surface area contributed by atoms with Gasteiger partial charge in [0.25, 0.3) is 5.69 Å². The number of hydrogen-bond acceptors (Lipinski definition) is 6. The standard InChI is InChI=1S/C25H25FN2O6/c1-25(2,3)34-24(29)27-21-14-23(33-15-16-9-11-17(32-4)12-10-16)19(13-22(21)28(30)31)18-7-5-6-8-20(18)26/h5-14H,15H2,1-4H3,(H,27,29). The van der Waals surface area contributed by atoms with E-state index in [1.807, 2.05) is 0 Å². The van der Waals surface area contributed by atoms with Crippen LogP contribution in [0.15, 0.2) is 60.7 Å². The maximum absolute atomic E-state index is 14.6. The highest BCUT2D eigenvalue weighted by Gasteiger charge is 2.25. The van der Waals surface area contributed by atoms with E-state index in [-0.39, 0.29) is 29.2 Å². The summed E-state index contributed by atoms with van der Waals surface area (Å²) < 4.78 is 30.9. The highest BCUT2D eigenvalue weighted by atomic mass is 19.1. The molecule has 3 rings (SSSR count). The number of carbonyl (C=O) groups excluding carboxylic acids is 1. The van der Waals surface area contributed by atoms with E-state index in [2.05, 4.69) is 5.32 Å². The average Bonchev–Trinajstić information content (AvgIpc) is 2.77. The molecule has 178 valence electrons. The maximum atomic E-state index is 14.6. The molecule has 0 aromatic heterocycles. The minimum atomic E-state index is -0.865. The van der Waals surface area contributed by atoms with Crippen LogP contribution in [-0.4, -0.2) is 23.7 Å². The van der Waals surface area contributed by atoms with E-state index in [1.165, 1.54) is 30.3 Å². The number of nitro benzene ring substituents is 1. The van der Waals surface area contributed by atoms with Crippen molar-refractivity contribution in [1.82, 2.24) is 0 Å². The van der Waals surface area contributed by atoms with Gasteiger partial charge in [0.2, 0.25) is 0 Å². The van der Waals surface area contributed by atoms with E-state index < -0.39 is 28.1 Å². The van der Waals surface area contributed by atoms with Gasteiger partial charge in [0.05, 0.1) is 12.0 Å². The molecule has 0 fully saturated rings. The van der Waals surface area contributed by atoms with Gasteiger partial charge in [0.1, 0.15) is 35.2 Å². The third kappa shape index (κ3) is 6.22. The van der Waals surface area contributed by atoms with E-state index in [1.54, 1.807) is 58.2 Å². The van der Waals surface area contributed by atoms with Crippen molar-refractivity contribution in [2.75, 3.05) is 12.4 Å². The molecule has 0 aliphatic rings. The van der Waals surface area contributed by atoms with Crippen molar-refractivity contribution in [2.45, 2.75) is 33.0 Å². The van der Waals surface area contributed by atoms with Crippen LogP contribution in [0.2, 0.25) is 0 Å². The molecule has 1 amide bonds. The van der Waals surface area contributed by atoms with Crippen LogP contribution in [0.3, 0.4) is 0 Å². The molecule has 0 unspecified atom stereocenters. The molecule has 34 heavy (non-hydrogen) atoms. The summed E-state index contributed by atoms with van der Waals surface area (Å²) in [6.07, 6.45) is -0.865. The number of nitrogens with zero attached hydrogens (tertiary/aromatic N) is 1. The Morgan fingerprint density at radius 2 is 1.74 bits per heavy atom. The third-order valence-electron chi connectivity index (χ3n) is 4.65. The Bertz CT molecular complexity index is 1190. The molecule has 3 aromatic carbocycles. The van der Waals surface area contributed by atoms with Crippen molar-refractivity contribution >= 4 is 17.5 Å². The fraction of sp³-hybridized carbons (Fsp3) is 0.240. The van der Waals surface area contributed by atoms with Crippen molar-refractivity contribution in [3.63, 3.8) is 0 Å². The van der Waals surface area contributed by atoms with Crippen LogP contribution in [0.4, 0.5) is 20.6 Å². The van der Waals surface area contributed by atoms with Gasteiger partial charge in [-0.1, -0.05) is 30.3 Å². The molecule has 0 bridgehead atoms. The molecule has 8 nitrogen and oxygen atoms in total. The van der Waals surface area contributed by atoms with E-state index >= 15 is 0 Å². The average molecular weight is 468 g/mol. The predicted molar refractivity (Wildman–Crippen MR) is 126 cm³/mol. The number of ether oxygens (including phenoxy) is 3. The van der Waals surface area contributed by atoms with Crippen LogP contribution in [0.25, 0.3) is 11.1 Å². The monoisotopic (exact) mass is 468 g/mol. The fourth-order valence-corrected chi connectivity index (χ4v) is 3.13. The van der Waals surface area contributed by atoms with E-state index in [9.17, 15) is 19.3 Å². The lowest BCUT2D eigenvalue weighted by Crippen LogP contribution is -2.27. The summed E-state index contributed by atoms with van der Waals surface area (Å²) >= 11 is 0. The summed E-state index contributed by atoms with van der Waals surface area (Å²) in [5.41, 5.74) is -0.280. The summed E-state index contributed by atoms with van der Waals surface area (Å²) in [6, 6.07) is 15.5. The van der Waals surface area contributed by atoms with Gasteiger partial charge in [-0.05, 0) is 44.5 Å². The Kier molecular flexibility index (Phi) is 7.35. The Balaban J connectivity index is 2.04. The third-order valence-corrected chi connectivity index (χ3v) is 4.65. The summed E-state index contributed by atoms with van der Waals surface area (Å²) in [7, 11) is 1.56. The Labute approximate surface area is 196 Å². The van der Waals surface area contributed by atoms with Crippen molar-refractivity contribution in [3.05, 3.63) is 82.2 Å². The molecule has 0 spiro atoms. The molecular weight excluding hydrogens is 443 g/mol. The Morgan fingerprint density at radius 3 is 2.32 bits per heavy atom. The number of carbonyl (C=O) groups is 1. The molecule has 0 saturated carbocycles. The quantitative estimate of drug-likeness (QED) is 0.321. The molecular formula is C25H25FN2O6. The van der Waals surface area contributed by atoms with Crippen molar-refractivity contribution in [2.24, 2.45) is 0 Å². The molecule has 0 aliphatic heterocycles. The minimum absolute atomic E-state index is 0.0924. The zero-order valence-corrected chi connectivity index (χ0v) is 19.3. The van der Waals surface area contributed by atoms with Crippen LogP contribution >= 0.6 is 0 Å². The van der Waals surface area contributed by atoms with Crippen LogP contribution in [0.1, 0.15) is 26.3 Å². The van der Waals surface area contributed by atoms with Gasteiger partial charge in [-0.25, -0.2) is 9.18 Å². The fourth-order valence-electron chi connectivity index (χ4n) is 3.13. The number of nitrogens with one attached hydrogen (secondary N) is 1. The van der Waals surface area contributed by atoms with E-state index in [0.717, 1.165) is 5.56 Å². The molecule has 1 N–H and O–H groups in total. The summed E-state index contributed by atoms with van der Waals surface area (Å²) in [5, 5.41) is 14.2. The lowest BCUT2D eigenvalue weighted by Gasteiger charge is -2.20. The van der Waals surface area contributed by atoms with Gasteiger partial charge >= 0.3 is 6.09 Å². The highest BCUT2D eigenvalue weighted by Crippen LogP contribution is 2.40. The SMILES string of the molecule is COc1ccc(COc2cc(NC(=O)OC(C)(C)C)c([N+](=O)[O-])cc2-c2ccccc2F)cc1. The van der Waals surface area contributed by atoms with E-state index in [4.69, 9.17) is 14.2 Å². The normalized spacial score (nSPS) is 11.0. The zero-order chi connectivity index (χ0) is 24.9. The number of hydrogen-bond donors (Lipinski definition) is 1. The second-order valence-electron chi connectivity index (χ2n) is 8.37. The van der Waals surface area contributed by atoms with Gasteiger partial charge < -0.3 is 14.2 Å². The number of amides is 1.